The molecule has 0 aliphatic carbocycles. The molecule has 0 aliphatic heterocycles. The normalized spacial score (nSPS) is 12.0. The monoisotopic (exact) mass is 517 g/mol. The molecule has 0 spiro atoms. The number of nitrogens with one attached hydrogen (secondary N) is 1. The van der Waals surface area contributed by atoms with Crippen LogP contribution in [-0.4, -0.2) is 43.7 Å². The van der Waals surface area contributed by atoms with E-state index in [1.54, 1.807) is 18.7 Å². The molecule has 2 aromatic rings. The Morgan fingerprint density at radius 3 is 2.25 bits per heavy atom. The van der Waals surface area contributed by atoms with Gasteiger partial charge in [0.1, 0.15) is 25.1 Å². The van der Waals surface area contributed by atoms with E-state index >= 15 is 0 Å². The van der Waals surface area contributed by atoms with Gasteiger partial charge in [0.15, 0.2) is 0 Å². The molecular formula is C29H43NO5S. The van der Waals surface area contributed by atoms with Gasteiger partial charge < -0.3 is 19.5 Å². The largest absolute Gasteiger partial charge is 0.490 e. The number of hydrogen-bond donors (Lipinski definition) is 1. The van der Waals surface area contributed by atoms with E-state index in [-0.39, 0.29) is 21.2 Å². The summed E-state index contributed by atoms with van der Waals surface area (Å²) >= 11 is 1.59. The second kappa shape index (κ2) is 17.5. The second-order valence-corrected chi connectivity index (χ2v) is 9.50. The van der Waals surface area contributed by atoms with Gasteiger partial charge in [0.05, 0.1) is 6.54 Å². The first kappa shape index (κ1) is 31.1. The van der Waals surface area contributed by atoms with Gasteiger partial charge in [0.25, 0.3) is 0 Å². The molecule has 0 aliphatic rings. The van der Waals surface area contributed by atoms with Crippen LogP contribution in [0.2, 0.25) is 0 Å². The minimum absolute atomic E-state index is 0. The lowest BCUT2D eigenvalue weighted by atomic mass is 9.90. The maximum Gasteiger partial charge on any atom is 0.407 e. The first-order valence-electron chi connectivity index (χ1n) is 12.4. The Balaban J connectivity index is 0.00000421. The Bertz CT molecular complexity index is 922. The number of thioether (sulfide) groups is 1. The zero-order valence-corrected chi connectivity index (χ0v) is 23.2. The Morgan fingerprint density at radius 1 is 1.03 bits per heavy atom. The SMILES string of the molecule is C=C(C)C(=O)OCCNC(=O)OC(COc1ccc(C(C)C(C)C)cc1)CSc1ccccc1.CC.[HH]. The molecule has 36 heavy (non-hydrogen) atoms. The molecule has 6 nitrogen and oxygen atoms in total. The average molecular weight is 518 g/mol. The third-order valence-corrected chi connectivity index (χ3v) is 6.39. The van der Waals surface area contributed by atoms with Crippen LogP contribution in [0.5, 0.6) is 5.75 Å². The minimum atomic E-state index is -0.588. The lowest BCUT2D eigenvalue weighted by molar-refractivity contribution is -0.138. The predicted octanol–water partition coefficient (Wildman–Crippen LogP) is 7.10. The van der Waals surface area contributed by atoms with E-state index in [2.05, 4.69) is 44.8 Å². The predicted molar refractivity (Wildman–Crippen MR) is 150 cm³/mol. The molecule has 2 rings (SSSR count). The summed E-state index contributed by atoms with van der Waals surface area (Å²) in [4.78, 5) is 24.8. The zero-order chi connectivity index (χ0) is 26.9. The molecule has 0 bridgehead atoms. The van der Waals surface area contributed by atoms with Crippen LogP contribution in [0, 0.1) is 5.92 Å². The van der Waals surface area contributed by atoms with E-state index in [4.69, 9.17) is 14.2 Å². The van der Waals surface area contributed by atoms with Crippen molar-refractivity contribution in [2.24, 2.45) is 5.92 Å². The van der Waals surface area contributed by atoms with Gasteiger partial charge in [-0.1, -0.05) is 71.5 Å². The van der Waals surface area contributed by atoms with Crippen molar-refractivity contribution in [3.63, 3.8) is 0 Å². The summed E-state index contributed by atoms with van der Waals surface area (Å²) in [5.41, 5.74) is 1.57. The number of benzene rings is 2. The molecule has 2 unspecified atom stereocenters. The number of hydrogen-bond acceptors (Lipinski definition) is 6. The van der Waals surface area contributed by atoms with E-state index < -0.39 is 18.2 Å². The van der Waals surface area contributed by atoms with Gasteiger partial charge in [-0.2, -0.15) is 0 Å². The van der Waals surface area contributed by atoms with E-state index in [9.17, 15) is 9.59 Å². The van der Waals surface area contributed by atoms with Crippen LogP contribution in [0.3, 0.4) is 0 Å². The molecule has 0 radical (unpaired) electrons. The molecule has 7 heteroatoms. The maximum atomic E-state index is 12.3. The third kappa shape index (κ3) is 12.2. The quantitative estimate of drug-likeness (QED) is 0.132. The number of alkyl carbamates (subject to hydrolysis) is 1. The van der Waals surface area contributed by atoms with Gasteiger partial charge >= 0.3 is 12.1 Å². The molecule has 0 saturated heterocycles. The van der Waals surface area contributed by atoms with Crippen LogP contribution >= 0.6 is 11.8 Å². The van der Waals surface area contributed by atoms with Crippen molar-refractivity contribution in [2.75, 3.05) is 25.5 Å². The molecule has 2 aromatic carbocycles. The average Bonchev–Trinajstić information content (AvgIpc) is 2.89. The van der Waals surface area contributed by atoms with Crippen molar-refractivity contribution in [3.05, 3.63) is 72.3 Å². The number of amides is 1. The van der Waals surface area contributed by atoms with Crippen molar-refractivity contribution < 1.29 is 25.2 Å². The van der Waals surface area contributed by atoms with Gasteiger partial charge in [0.2, 0.25) is 0 Å². The van der Waals surface area contributed by atoms with Crippen molar-refractivity contribution in [1.82, 2.24) is 5.32 Å². The fourth-order valence-corrected chi connectivity index (χ4v) is 3.77. The standard InChI is InChI=1S/C27H35NO5S.C2H6.H2/c1-19(2)21(5)22-11-13-23(14-12-22)32-17-24(18-34-25-9-7-6-8-10-25)33-27(30)28-15-16-31-26(29)20(3)4;1-2;/h6-14,19,21,24H,3,15-18H2,1-2,4-5H3,(H,28,30);1-2H3;1H. The van der Waals surface area contributed by atoms with Gasteiger partial charge in [0, 0.05) is 17.6 Å². The smallest absolute Gasteiger partial charge is 0.407 e. The molecular weight excluding hydrogens is 474 g/mol. The number of esters is 1. The van der Waals surface area contributed by atoms with Crippen LogP contribution in [0.4, 0.5) is 4.79 Å². The second-order valence-electron chi connectivity index (χ2n) is 8.41. The fraction of sp³-hybridized carbons (Fsp3) is 0.448. The topological polar surface area (TPSA) is 73.9 Å². The van der Waals surface area contributed by atoms with Crippen LogP contribution in [-0.2, 0) is 14.3 Å². The highest BCUT2D eigenvalue weighted by molar-refractivity contribution is 7.99. The highest BCUT2D eigenvalue weighted by atomic mass is 32.2. The summed E-state index contributed by atoms with van der Waals surface area (Å²) in [5, 5.41) is 2.60. The van der Waals surface area contributed by atoms with Gasteiger partial charge in [-0.15, -0.1) is 11.8 Å². The van der Waals surface area contributed by atoms with Crippen LogP contribution < -0.4 is 10.1 Å². The van der Waals surface area contributed by atoms with Gasteiger partial charge in [-0.05, 0) is 48.6 Å². The first-order valence-corrected chi connectivity index (χ1v) is 13.4. The molecule has 0 saturated carbocycles. The summed E-state index contributed by atoms with van der Waals surface area (Å²) in [5.74, 6) is 1.79. The molecule has 0 fully saturated rings. The molecule has 2 atom stereocenters. The summed E-state index contributed by atoms with van der Waals surface area (Å²) in [7, 11) is 0. The van der Waals surface area contributed by atoms with Crippen LogP contribution in [0.15, 0.2) is 71.6 Å². The van der Waals surface area contributed by atoms with Crippen molar-refractivity contribution in [1.29, 1.82) is 0 Å². The molecule has 0 aromatic heterocycles. The lowest BCUT2D eigenvalue weighted by Gasteiger charge is -2.20. The van der Waals surface area contributed by atoms with Gasteiger partial charge in [-0.3, -0.25) is 0 Å². The number of rotatable bonds is 13. The Kier molecular flexibility index (Phi) is 15.1. The maximum absolute atomic E-state index is 12.3. The van der Waals surface area contributed by atoms with E-state index in [0.717, 1.165) is 10.6 Å². The summed E-state index contributed by atoms with van der Waals surface area (Å²) < 4.78 is 16.5. The molecule has 0 heterocycles. The van der Waals surface area contributed by atoms with E-state index in [1.165, 1.54) is 5.56 Å². The van der Waals surface area contributed by atoms with E-state index in [1.807, 2.05) is 56.3 Å². The third-order valence-electron chi connectivity index (χ3n) is 5.25. The van der Waals surface area contributed by atoms with Crippen LogP contribution in [0.25, 0.3) is 0 Å². The minimum Gasteiger partial charge on any atom is -0.490 e. The molecule has 1 N–H and O–H groups in total. The van der Waals surface area contributed by atoms with Crippen molar-refractivity contribution in [3.8, 4) is 5.75 Å². The lowest BCUT2D eigenvalue weighted by Crippen LogP contribution is -2.35. The summed E-state index contributed by atoms with van der Waals surface area (Å²) in [6.07, 6.45) is -1.06. The number of ether oxygens (including phenoxy) is 3. The van der Waals surface area contributed by atoms with E-state index in [0.29, 0.717) is 23.2 Å². The first-order chi connectivity index (χ1) is 17.3. The zero-order valence-electron chi connectivity index (χ0n) is 22.4. The number of carbonyl (C=O) groups is 2. The van der Waals surface area contributed by atoms with Crippen molar-refractivity contribution in [2.45, 2.75) is 58.5 Å². The summed E-state index contributed by atoms with van der Waals surface area (Å²) in [6, 6.07) is 18.0. The summed E-state index contributed by atoms with van der Waals surface area (Å²) in [6.45, 7) is 16.1. The molecule has 200 valence electrons. The fourth-order valence-electron chi connectivity index (χ4n) is 2.88. The Hall–Kier alpha value is -2.93. The number of carbonyl (C=O) groups excluding carboxylic acids is 2. The highest BCUT2D eigenvalue weighted by Gasteiger charge is 2.17. The highest BCUT2D eigenvalue weighted by Crippen LogP contribution is 2.26. The van der Waals surface area contributed by atoms with Crippen molar-refractivity contribution >= 4 is 23.8 Å². The van der Waals surface area contributed by atoms with Crippen LogP contribution in [0.1, 0.15) is 54.5 Å². The Morgan fingerprint density at radius 2 is 1.67 bits per heavy atom. The molecule has 1 amide bonds. The Labute approximate surface area is 222 Å². The van der Waals surface area contributed by atoms with Gasteiger partial charge in [-0.25, -0.2) is 9.59 Å².